The number of hydrogen-bond donors (Lipinski definition) is 1. The van der Waals surface area contributed by atoms with Gasteiger partial charge >= 0.3 is 0 Å². The standard InChI is InChI=1S/C21H24BrN3O5S/c1-13-10-14(4-5-16(13)25-8-9-30-12-19(25)26)24(2)21(28)15(11-29-3)23-20(27)17-6-7-18(22)31-17/h4-7,10,15H,8-9,11-12H2,1-3H3,(H,23,27)/t15-/m1/s1. The zero-order chi connectivity index (χ0) is 22.5. The lowest BCUT2D eigenvalue weighted by molar-refractivity contribution is -0.125. The molecular formula is C21H24BrN3O5S. The van der Waals surface area contributed by atoms with Crippen molar-refractivity contribution in [3.8, 4) is 0 Å². The monoisotopic (exact) mass is 509 g/mol. The van der Waals surface area contributed by atoms with Gasteiger partial charge < -0.3 is 24.6 Å². The summed E-state index contributed by atoms with van der Waals surface area (Å²) in [5.41, 5.74) is 2.31. The van der Waals surface area contributed by atoms with Crippen molar-refractivity contribution in [2.75, 3.05) is 50.3 Å². The Morgan fingerprint density at radius 3 is 2.74 bits per heavy atom. The third-order valence-corrected chi connectivity index (χ3v) is 6.53. The van der Waals surface area contributed by atoms with Crippen LogP contribution in [0.2, 0.25) is 0 Å². The number of carbonyl (C=O) groups excluding carboxylic acids is 3. The smallest absolute Gasteiger partial charge is 0.262 e. The molecule has 31 heavy (non-hydrogen) atoms. The van der Waals surface area contributed by atoms with E-state index >= 15 is 0 Å². The third-order valence-electron chi connectivity index (χ3n) is 4.91. The molecule has 2 heterocycles. The van der Waals surface area contributed by atoms with Crippen molar-refractivity contribution < 1.29 is 23.9 Å². The highest BCUT2D eigenvalue weighted by molar-refractivity contribution is 9.11. The highest BCUT2D eigenvalue weighted by Crippen LogP contribution is 2.27. The molecule has 1 saturated heterocycles. The average Bonchev–Trinajstić information content (AvgIpc) is 3.19. The van der Waals surface area contributed by atoms with Crippen molar-refractivity contribution in [1.29, 1.82) is 0 Å². The van der Waals surface area contributed by atoms with Crippen molar-refractivity contribution in [3.05, 3.63) is 44.6 Å². The van der Waals surface area contributed by atoms with Crippen LogP contribution in [0, 0.1) is 6.92 Å². The Morgan fingerprint density at radius 2 is 2.13 bits per heavy atom. The van der Waals surface area contributed by atoms with Crippen molar-refractivity contribution in [1.82, 2.24) is 5.32 Å². The first-order valence-electron chi connectivity index (χ1n) is 9.63. The van der Waals surface area contributed by atoms with Crippen LogP contribution < -0.4 is 15.1 Å². The lowest BCUT2D eigenvalue weighted by Gasteiger charge is -2.29. The Kier molecular flexibility index (Phi) is 7.82. The van der Waals surface area contributed by atoms with Crippen LogP contribution in [-0.2, 0) is 19.1 Å². The predicted molar refractivity (Wildman–Crippen MR) is 123 cm³/mol. The van der Waals surface area contributed by atoms with Gasteiger partial charge in [0, 0.05) is 32.1 Å². The second-order valence-electron chi connectivity index (χ2n) is 7.05. The number of methoxy groups -OCH3 is 1. The van der Waals surface area contributed by atoms with E-state index in [0.717, 1.165) is 15.0 Å². The number of ether oxygens (including phenoxy) is 2. The molecule has 1 aromatic carbocycles. The molecule has 3 amide bonds. The minimum Gasteiger partial charge on any atom is -0.382 e. The van der Waals surface area contributed by atoms with Crippen LogP contribution in [0.25, 0.3) is 0 Å². The van der Waals surface area contributed by atoms with Crippen LogP contribution in [-0.4, -0.2) is 64.3 Å². The van der Waals surface area contributed by atoms with E-state index in [4.69, 9.17) is 9.47 Å². The number of thiophene rings is 1. The number of nitrogens with zero attached hydrogens (tertiary/aromatic N) is 2. The van der Waals surface area contributed by atoms with E-state index in [-0.39, 0.29) is 30.9 Å². The molecule has 0 spiro atoms. The zero-order valence-corrected chi connectivity index (χ0v) is 19.9. The molecule has 1 N–H and O–H groups in total. The average molecular weight is 510 g/mol. The lowest BCUT2D eigenvalue weighted by atomic mass is 10.1. The van der Waals surface area contributed by atoms with Crippen LogP contribution in [0.5, 0.6) is 0 Å². The molecule has 1 fully saturated rings. The maximum Gasteiger partial charge on any atom is 0.262 e. The molecule has 10 heteroatoms. The van der Waals surface area contributed by atoms with Crippen LogP contribution in [0.1, 0.15) is 15.2 Å². The van der Waals surface area contributed by atoms with Gasteiger partial charge in [0.15, 0.2) is 0 Å². The van der Waals surface area contributed by atoms with Crippen LogP contribution in [0.15, 0.2) is 34.1 Å². The summed E-state index contributed by atoms with van der Waals surface area (Å²) in [7, 11) is 3.12. The summed E-state index contributed by atoms with van der Waals surface area (Å²) < 4.78 is 11.2. The summed E-state index contributed by atoms with van der Waals surface area (Å²) in [6, 6.07) is 8.08. The van der Waals surface area contributed by atoms with Gasteiger partial charge in [-0.05, 0) is 58.7 Å². The first-order valence-corrected chi connectivity index (χ1v) is 11.2. The molecule has 0 saturated carbocycles. The first-order chi connectivity index (χ1) is 14.8. The van der Waals surface area contributed by atoms with Gasteiger partial charge in [0.2, 0.25) is 0 Å². The van der Waals surface area contributed by atoms with Gasteiger partial charge in [-0.3, -0.25) is 14.4 Å². The highest BCUT2D eigenvalue weighted by Gasteiger charge is 2.27. The number of benzene rings is 1. The minimum absolute atomic E-state index is 0.0425. The molecule has 0 radical (unpaired) electrons. The van der Waals surface area contributed by atoms with E-state index in [0.29, 0.717) is 23.7 Å². The van der Waals surface area contributed by atoms with Gasteiger partial charge in [-0.1, -0.05) is 0 Å². The van der Waals surface area contributed by atoms with Gasteiger partial charge in [-0.2, -0.15) is 0 Å². The number of carbonyl (C=O) groups is 3. The number of morpholine rings is 1. The van der Waals surface area contributed by atoms with Gasteiger partial charge in [0.1, 0.15) is 12.6 Å². The largest absolute Gasteiger partial charge is 0.382 e. The first kappa shape index (κ1) is 23.4. The van der Waals surface area contributed by atoms with Crippen LogP contribution in [0.3, 0.4) is 0 Å². The maximum absolute atomic E-state index is 13.1. The molecule has 0 bridgehead atoms. The molecule has 2 aromatic rings. The number of halogens is 1. The Bertz CT molecular complexity index is 980. The number of hydrogen-bond acceptors (Lipinski definition) is 6. The Morgan fingerprint density at radius 1 is 1.35 bits per heavy atom. The number of amides is 3. The Balaban J connectivity index is 1.75. The molecule has 1 aliphatic rings. The molecule has 3 rings (SSSR count). The summed E-state index contributed by atoms with van der Waals surface area (Å²) in [4.78, 5) is 41.4. The molecule has 1 aliphatic heterocycles. The summed E-state index contributed by atoms with van der Waals surface area (Å²) >= 11 is 4.62. The van der Waals surface area contributed by atoms with Gasteiger partial charge in [-0.25, -0.2) is 0 Å². The quantitative estimate of drug-likeness (QED) is 0.619. The Hall–Kier alpha value is -2.27. The van der Waals surface area contributed by atoms with E-state index in [1.807, 2.05) is 19.1 Å². The van der Waals surface area contributed by atoms with Crippen LogP contribution >= 0.6 is 27.3 Å². The highest BCUT2D eigenvalue weighted by atomic mass is 79.9. The molecule has 166 valence electrons. The fourth-order valence-corrected chi connectivity index (χ4v) is 4.58. The van der Waals surface area contributed by atoms with Gasteiger partial charge in [0.05, 0.1) is 21.9 Å². The summed E-state index contributed by atoms with van der Waals surface area (Å²) in [6.07, 6.45) is 0. The van der Waals surface area contributed by atoms with E-state index in [1.54, 1.807) is 30.1 Å². The van der Waals surface area contributed by atoms with E-state index in [2.05, 4.69) is 21.2 Å². The fourth-order valence-electron chi connectivity index (χ4n) is 3.29. The number of nitrogens with one attached hydrogen (secondary N) is 1. The number of anilines is 2. The topological polar surface area (TPSA) is 88.2 Å². The SMILES string of the molecule is COC[C@@H](NC(=O)c1ccc(Br)s1)C(=O)N(C)c1ccc(N2CCOCC2=O)c(C)c1. The summed E-state index contributed by atoms with van der Waals surface area (Å²) in [5.74, 6) is -0.730. The minimum atomic E-state index is -0.843. The molecule has 1 atom stereocenters. The molecule has 8 nitrogen and oxygen atoms in total. The second kappa shape index (κ2) is 10.4. The molecule has 0 aliphatic carbocycles. The summed E-state index contributed by atoms with van der Waals surface area (Å²) in [6.45, 7) is 2.99. The second-order valence-corrected chi connectivity index (χ2v) is 9.51. The molecular weight excluding hydrogens is 486 g/mol. The molecule has 1 aromatic heterocycles. The lowest BCUT2D eigenvalue weighted by Crippen LogP contribution is -2.49. The Labute approximate surface area is 193 Å². The van der Waals surface area contributed by atoms with E-state index < -0.39 is 6.04 Å². The third kappa shape index (κ3) is 5.51. The normalized spacial score (nSPS) is 15.0. The van der Waals surface area contributed by atoms with Crippen molar-refractivity contribution in [2.45, 2.75) is 13.0 Å². The molecule has 0 unspecified atom stereocenters. The van der Waals surface area contributed by atoms with E-state index in [9.17, 15) is 14.4 Å². The van der Waals surface area contributed by atoms with Crippen molar-refractivity contribution >= 4 is 56.4 Å². The van der Waals surface area contributed by atoms with Gasteiger partial charge in [-0.15, -0.1) is 11.3 Å². The van der Waals surface area contributed by atoms with Crippen molar-refractivity contribution in [3.63, 3.8) is 0 Å². The zero-order valence-electron chi connectivity index (χ0n) is 17.5. The maximum atomic E-state index is 13.1. The number of rotatable bonds is 7. The fraction of sp³-hybridized carbons (Fsp3) is 0.381. The number of aryl methyl sites for hydroxylation is 1. The number of likely N-dealkylation sites (N-methyl/N-ethyl adjacent to an activating group) is 1. The van der Waals surface area contributed by atoms with Gasteiger partial charge in [0.25, 0.3) is 17.7 Å². The predicted octanol–water partition coefficient (Wildman–Crippen LogP) is 2.59. The van der Waals surface area contributed by atoms with Crippen molar-refractivity contribution in [2.24, 2.45) is 0 Å². The summed E-state index contributed by atoms with van der Waals surface area (Å²) in [5, 5.41) is 2.75. The van der Waals surface area contributed by atoms with Crippen LogP contribution in [0.4, 0.5) is 11.4 Å². The van der Waals surface area contributed by atoms with E-state index in [1.165, 1.54) is 23.3 Å².